The molecule has 20 heavy (non-hydrogen) atoms. The summed E-state index contributed by atoms with van der Waals surface area (Å²) in [7, 11) is 2.00. The minimum Gasteiger partial charge on any atom is -0.399 e. The van der Waals surface area contributed by atoms with Gasteiger partial charge in [0.15, 0.2) is 0 Å². The Balaban J connectivity index is 2.28. The van der Waals surface area contributed by atoms with E-state index in [1.54, 1.807) is 4.90 Å². The number of hydrogen-bond acceptors (Lipinski definition) is 5. The van der Waals surface area contributed by atoms with E-state index in [0.29, 0.717) is 18.8 Å². The summed E-state index contributed by atoms with van der Waals surface area (Å²) in [4.78, 5) is 26.8. The number of rotatable bonds is 2. The van der Waals surface area contributed by atoms with Gasteiger partial charge in [0, 0.05) is 31.4 Å². The maximum atomic E-state index is 12.5. The average molecular weight is 278 g/mol. The molecule has 2 N–H and O–H groups in total. The number of nitrogen functional groups attached to an aromatic ring is 1. The van der Waals surface area contributed by atoms with Gasteiger partial charge in [-0.15, -0.1) is 0 Å². The van der Waals surface area contributed by atoms with Gasteiger partial charge >= 0.3 is 0 Å². The largest absolute Gasteiger partial charge is 0.399 e. The van der Waals surface area contributed by atoms with Crippen LogP contribution in [-0.4, -0.2) is 53.9 Å². The first-order chi connectivity index (χ1) is 9.49. The van der Waals surface area contributed by atoms with Crippen molar-refractivity contribution in [1.29, 1.82) is 0 Å². The maximum Gasteiger partial charge on any atom is 0.282 e. The molecule has 1 aliphatic heterocycles. The number of nitrogens with two attached hydrogens (primary N) is 1. The standard InChI is InChI=1S/C13H18N4O3/c1-15-5-2-6-16(8-7-15)13(18)11-9-10(14)3-4-12(11)17(19)20/h3-4,9H,2,5-8,14H2,1H3. The Bertz CT molecular complexity index is 532. The number of hydrogen-bond donors (Lipinski definition) is 1. The Morgan fingerprint density at radius 1 is 1.30 bits per heavy atom. The summed E-state index contributed by atoms with van der Waals surface area (Å²) in [6.45, 7) is 2.86. The van der Waals surface area contributed by atoms with Crippen LogP contribution in [0.3, 0.4) is 0 Å². The molecule has 1 amide bonds. The summed E-state index contributed by atoms with van der Waals surface area (Å²) in [5.74, 6) is -0.320. The molecule has 0 aliphatic carbocycles. The average Bonchev–Trinajstić information content (AvgIpc) is 2.62. The lowest BCUT2D eigenvalue weighted by atomic mass is 10.1. The van der Waals surface area contributed by atoms with Crippen LogP contribution in [0.15, 0.2) is 18.2 Å². The zero-order chi connectivity index (χ0) is 14.7. The number of nitro groups is 1. The van der Waals surface area contributed by atoms with Crippen molar-refractivity contribution in [2.75, 3.05) is 39.0 Å². The van der Waals surface area contributed by atoms with Crippen LogP contribution >= 0.6 is 0 Å². The Morgan fingerprint density at radius 2 is 2.05 bits per heavy atom. The van der Waals surface area contributed by atoms with E-state index in [1.807, 2.05) is 7.05 Å². The summed E-state index contributed by atoms with van der Waals surface area (Å²) in [6, 6.07) is 4.10. The SMILES string of the molecule is CN1CCCN(C(=O)c2cc(N)ccc2[N+](=O)[O-])CC1. The second kappa shape index (κ2) is 5.87. The number of amides is 1. The molecule has 1 saturated heterocycles. The van der Waals surface area contributed by atoms with Crippen molar-refractivity contribution >= 4 is 17.3 Å². The molecule has 0 saturated carbocycles. The third-order valence-electron chi connectivity index (χ3n) is 3.45. The maximum absolute atomic E-state index is 12.5. The minimum absolute atomic E-state index is 0.0690. The van der Waals surface area contributed by atoms with E-state index in [9.17, 15) is 14.9 Å². The minimum atomic E-state index is -0.545. The quantitative estimate of drug-likeness (QED) is 0.494. The molecule has 1 aromatic carbocycles. The van der Waals surface area contributed by atoms with Gasteiger partial charge in [-0.25, -0.2) is 0 Å². The van der Waals surface area contributed by atoms with Gasteiger partial charge in [-0.1, -0.05) is 0 Å². The molecular formula is C13H18N4O3. The normalized spacial score (nSPS) is 16.8. The summed E-state index contributed by atoms with van der Waals surface area (Å²) >= 11 is 0. The second-order valence-electron chi connectivity index (χ2n) is 4.98. The van der Waals surface area contributed by atoms with Crippen molar-refractivity contribution in [3.05, 3.63) is 33.9 Å². The first kappa shape index (κ1) is 14.3. The van der Waals surface area contributed by atoms with Gasteiger partial charge in [-0.2, -0.15) is 0 Å². The molecule has 108 valence electrons. The van der Waals surface area contributed by atoms with Crippen LogP contribution in [-0.2, 0) is 0 Å². The van der Waals surface area contributed by atoms with Gasteiger partial charge in [0.05, 0.1) is 4.92 Å². The van der Waals surface area contributed by atoms with Gasteiger partial charge in [-0.3, -0.25) is 14.9 Å². The number of anilines is 1. The summed E-state index contributed by atoms with van der Waals surface area (Å²) in [6.07, 6.45) is 0.859. The Labute approximate surface area is 117 Å². The molecule has 0 spiro atoms. The summed E-state index contributed by atoms with van der Waals surface area (Å²) in [5.41, 5.74) is 5.88. The highest BCUT2D eigenvalue weighted by molar-refractivity contribution is 5.99. The van der Waals surface area contributed by atoms with Crippen LogP contribution < -0.4 is 5.73 Å². The molecule has 0 aromatic heterocycles. The third kappa shape index (κ3) is 3.05. The zero-order valence-corrected chi connectivity index (χ0v) is 11.4. The van der Waals surface area contributed by atoms with E-state index < -0.39 is 4.92 Å². The van der Waals surface area contributed by atoms with Crippen molar-refractivity contribution in [1.82, 2.24) is 9.80 Å². The number of likely N-dealkylation sites (N-methyl/N-ethyl adjacent to an activating group) is 1. The monoisotopic (exact) mass is 278 g/mol. The molecule has 0 radical (unpaired) electrons. The predicted molar refractivity (Wildman–Crippen MR) is 75.5 cm³/mol. The Hall–Kier alpha value is -2.15. The zero-order valence-electron chi connectivity index (χ0n) is 11.4. The first-order valence-corrected chi connectivity index (χ1v) is 6.51. The van der Waals surface area contributed by atoms with Crippen LogP contribution in [0.2, 0.25) is 0 Å². The van der Waals surface area contributed by atoms with Crippen molar-refractivity contribution < 1.29 is 9.72 Å². The lowest BCUT2D eigenvalue weighted by Gasteiger charge is -2.20. The molecule has 1 heterocycles. The van der Waals surface area contributed by atoms with Gasteiger partial charge in [0.1, 0.15) is 5.56 Å². The third-order valence-corrected chi connectivity index (χ3v) is 3.45. The molecule has 1 aromatic rings. The van der Waals surface area contributed by atoms with Crippen LogP contribution in [0.25, 0.3) is 0 Å². The van der Waals surface area contributed by atoms with Crippen LogP contribution in [0, 0.1) is 10.1 Å². The van der Waals surface area contributed by atoms with Crippen molar-refractivity contribution in [3.63, 3.8) is 0 Å². The molecule has 0 atom stereocenters. The lowest BCUT2D eigenvalue weighted by molar-refractivity contribution is -0.385. The topological polar surface area (TPSA) is 92.7 Å². The number of carbonyl (C=O) groups is 1. The lowest BCUT2D eigenvalue weighted by Crippen LogP contribution is -2.34. The van der Waals surface area contributed by atoms with Crippen molar-refractivity contribution in [2.24, 2.45) is 0 Å². The van der Waals surface area contributed by atoms with Gasteiger partial charge in [0.25, 0.3) is 11.6 Å². The number of benzene rings is 1. The fourth-order valence-corrected chi connectivity index (χ4v) is 2.30. The van der Waals surface area contributed by atoms with E-state index in [1.165, 1.54) is 18.2 Å². The van der Waals surface area contributed by atoms with Crippen LogP contribution in [0.1, 0.15) is 16.8 Å². The van der Waals surface area contributed by atoms with Crippen molar-refractivity contribution in [2.45, 2.75) is 6.42 Å². The molecular weight excluding hydrogens is 260 g/mol. The Kier molecular flexibility index (Phi) is 4.19. The smallest absolute Gasteiger partial charge is 0.282 e. The predicted octanol–water partition coefficient (Wildman–Crippen LogP) is 0.955. The highest BCUT2D eigenvalue weighted by atomic mass is 16.6. The molecule has 2 rings (SSSR count). The number of nitrogens with zero attached hydrogens (tertiary/aromatic N) is 3. The van der Waals surface area contributed by atoms with E-state index in [2.05, 4.69) is 4.90 Å². The molecule has 1 fully saturated rings. The van der Waals surface area contributed by atoms with Gasteiger partial charge < -0.3 is 15.5 Å². The summed E-state index contributed by atoms with van der Waals surface area (Å²) < 4.78 is 0. The Morgan fingerprint density at radius 3 is 2.75 bits per heavy atom. The molecule has 7 heteroatoms. The van der Waals surface area contributed by atoms with Crippen molar-refractivity contribution in [3.8, 4) is 0 Å². The molecule has 7 nitrogen and oxygen atoms in total. The molecule has 0 bridgehead atoms. The van der Waals surface area contributed by atoms with Crippen LogP contribution in [0.5, 0.6) is 0 Å². The first-order valence-electron chi connectivity index (χ1n) is 6.51. The molecule has 1 aliphatic rings. The molecule has 0 unspecified atom stereocenters. The van der Waals surface area contributed by atoms with Gasteiger partial charge in [0.2, 0.25) is 0 Å². The summed E-state index contributed by atoms with van der Waals surface area (Å²) in [5, 5.41) is 11.0. The van der Waals surface area contributed by atoms with E-state index in [4.69, 9.17) is 5.73 Å². The number of carbonyl (C=O) groups excluding carboxylic acids is 1. The van der Waals surface area contributed by atoms with E-state index in [-0.39, 0.29) is 17.2 Å². The fraction of sp³-hybridized carbons (Fsp3) is 0.462. The van der Waals surface area contributed by atoms with E-state index >= 15 is 0 Å². The van der Waals surface area contributed by atoms with Crippen LogP contribution in [0.4, 0.5) is 11.4 Å². The highest BCUT2D eigenvalue weighted by Crippen LogP contribution is 2.23. The second-order valence-corrected chi connectivity index (χ2v) is 4.98. The fourth-order valence-electron chi connectivity index (χ4n) is 2.30. The van der Waals surface area contributed by atoms with E-state index in [0.717, 1.165) is 19.5 Å². The highest BCUT2D eigenvalue weighted by Gasteiger charge is 2.26. The van der Waals surface area contributed by atoms with Gasteiger partial charge in [-0.05, 0) is 32.1 Å². The number of nitro benzene ring substituents is 1.